The summed E-state index contributed by atoms with van der Waals surface area (Å²) in [5, 5.41) is 0. The Hall–Kier alpha value is 0.222. The van der Waals surface area contributed by atoms with Crippen LogP contribution >= 0.6 is 0 Å². The molecule has 72 valence electrons. The van der Waals surface area contributed by atoms with E-state index in [4.69, 9.17) is 9.47 Å². The van der Waals surface area contributed by atoms with Crippen LogP contribution in [-0.2, 0) is 14.3 Å². The van der Waals surface area contributed by atoms with Gasteiger partial charge in [0.15, 0.2) is 0 Å². The van der Waals surface area contributed by atoms with Crippen LogP contribution in [0.15, 0.2) is 12.2 Å². The van der Waals surface area contributed by atoms with E-state index in [1.165, 1.54) is 6.61 Å². The number of carbonyl (C=O) groups excluding carboxylic acids is 1. The second-order valence-corrected chi connectivity index (χ2v) is 2.49. The molecule has 0 aliphatic carbocycles. The molecule has 0 aliphatic heterocycles. The fraction of sp³-hybridized carbons (Fsp3) is 0.444. The van der Waals surface area contributed by atoms with Crippen molar-refractivity contribution in [2.75, 3.05) is 6.61 Å². The van der Waals surface area contributed by atoms with Crippen LogP contribution in [0, 0.1) is 44.6 Å². The van der Waals surface area contributed by atoms with Crippen LogP contribution in [0.25, 0.3) is 0 Å². The SMILES string of the molecule is C=C(C)C(=O)OC[CH-]OC([CH2-])C.[U+2]. The maximum absolute atomic E-state index is 10.8. The van der Waals surface area contributed by atoms with Crippen molar-refractivity contribution in [3.63, 3.8) is 0 Å². The van der Waals surface area contributed by atoms with Crippen molar-refractivity contribution in [2.24, 2.45) is 0 Å². The number of carbonyl (C=O) groups is 1. The van der Waals surface area contributed by atoms with Gasteiger partial charge in [-0.1, -0.05) is 13.5 Å². The molecule has 0 rings (SSSR count). The summed E-state index contributed by atoms with van der Waals surface area (Å²) in [6, 6.07) is 0. The van der Waals surface area contributed by atoms with E-state index in [2.05, 4.69) is 13.5 Å². The predicted molar refractivity (Wildman–Crippen MR) is 46.0 cm³/mol. The first-order valence-electron chi connectivity index (χ1n) is 3.67. The second kappa shape index (κ2) is 8.80. The molecule has 0 aromatic rings. The van der Waals surface area contributed by atoms with Gasteiger partial charge in [0.25, 0.3) is 0 Å². The van der Waals surface area contributed by atoms with E-state index < -0.39 is 5.97 Å². The van der Waals surface area contributed by atoms with E-state index in [1.807, 2.05) is 0 Å². The molecule has 0 aromatic heterocycles. The topological polar surface area (TPSA) is 35.5 Å². The third-order valence-corrected chi connectivity index (χ3v) is 0.959. The summed E-state index contributed by atoms with van der Waals surface area (Å²) in [6.45, 7) is 11.9. The standard InChI is InChI=1S/C9H14O3.U/c1-7(2)9(10)12-6-5-11-8(3)4;/h5,8H,1,3,6H2,2,4H3;/q-2;+2. The van der Waals surface area contributed by atoms with E-state index in [0.717, 1.165) is 0 Å². The van der Waals surface area contributed by atoms with Crippen LogP contribution in [0.4, 0.5) is 0 Å². The fourth-order valence-electron chi connectivity index (χ4n) is 0.436. The Morgan fingerprint density at radius 2 is 2.23 bits per heavy atom. The Balaban J connectivity index is 0. The normalized spacial score (nSPS) is 11.3. The summed E-state index contributed by atoms with van der Waals surface area (Å²) in [4.78, 5) is 10.8. The summed E-state index contributed by atoms with van der Waals surface area (Å²) in [5.74, 6) is -0.411. The number of hydrogen-bond donors (Lipinski definition) is 0. The number of esters is 1. The average Bonchev–Trinajstić information content (AvgIpc) is 1.97. The molecule has 3 nitrogen and oxygen atoms in total. The molecule has 13 heavy (non-hydrogen) atoms. The van der Waals surface area contributed by atoms with Crippen molar-refractivity contribution >= 4 is 5.97 Å². The third kappa shape index (κ3) is 10.1. The van der Waals surface area contributed by atoms with E-state index in [-0.39, 0.29) is 43.8 Å². The van der Waals surface area contributed by atoms with Crippen molar-refractivity contribution in [3.8, 4) is 0 Å². The smallest absolute Gasteiger partial charge is 0.572 e. The largest absolute Gasteiger partial charge is 2.00 e. The summed E-state index contributed by atoms with van der Waals surface area (Å²) < 4.78 is 9.64. The molecule has 4 heteroatoms. The molecule has 0 radical (unpaired) electrons. The minimum atomic E-state index is -0.411. The van der Waals surface area contributed by atoms with Gasteiger partial charge in [0, 0.05) is 5.57 Å². The van der Waals surface area contributed by atoms with Crippen molar-refractivity contribution in [1.82, 2.24) is 0 Å². The fourth-order valence-corrected chi connectivity index (χ4v) is 0.436. The molecule has 0 N–H and O–H groups in total. The Morgan fingerprint density at radius 1 is 1.69 bits per heavy atom. The van der Waals surface area contributed by atoms with Gasteiger partial charge in [-0.25, -0.2) is 4.79 Å². The Labute approximate surface area is 103 Å². The molecule has 0 spiro atoms. The zero-order valence-corrected chi connectivity index (χ0v) is 12.2. The molecule has 1 atom stereocenters. The minimum Gasteiger partial charge on any atom is -0.572 e. The molecular weight excluding hydrogens is 394 g/mol. The molecule has 0 saturated carbocycles. The molecule has 0 saturated heterocycles. The number of hydrogen-bond acceptors (Lipinski definition) is 3. The van der Waals surface area contributed by atoms with Gasteiger partial charge in [-0.05, 0) is 13.5 Å². The summed E-state index contributed by atoms with van der Waals surface area (Å²) in [5.41, 5.74) is 0.381. The van der Waals surface area contributed by atoms with Crippen LogP contribution in [-0.4, -0.2) is 18.7 Å². The maximum atomic E-state index is 10.8. The first kappa shape index (κ1) is 15.7. The molecule has 0 fully saturated rings. The van der Waals surface area contributed by atoms with Gasteiger partial charge in [-0.15, -0.1) is 6.10 Å². The molecular formula is C9H14O3U. The van der Waals surface area contributed by atoms with Crippen LogP contribution in [0.3, 0.4) is 0 Å². The summed E-state index contributed by atoms with van der Waals surface area (Å²) >= 11 is 0. The zero-order chi connectivity index (χ0) is 9.56. The Kier molecular flexibility index (Phi) is 10.6. The molecule has 0 bridgehead atoms. The molecule has 1 unspecified atom stereocenters. The zero-order valence-electron chi connectivity index (χ0n) is 8.00. The molecule has 0 aromatic carbocycles. The predicted octanol–water partition coefficient (Wildman–Crippen LogP) is 1.51. The van der Waals surface area contributed by atoms with Crippen LogP contribution in [0.5, 0.6) is 0 Å². The molecule has 0 amide bonds. The molecule has 0 heterocycles. The average molecular weight is 408 g/mol. The van der Waals surface area contributed by atoms with E-state index >= 15 is 0 Å². The minimum absolute atomic E-state index is 0. The third-order valence-electron chi connectivity index (χ3n) is 0.959. The second-order valence-electron chi connectivity index (χ2n) is 2.49. The Bertz CT molecular complexity index is 166. The van der Waals surface area contributed by atoms with Gasteiger partial charge >= 0.3 is 37.1 Å². The van der Waals surface area contributed by atoms with Crippen LogP contribution in [0.2, 0.25) is 0 Å². The van der Waals surface area contributed by atoms with Crippen molar-refractivity contribution < 1.29 is 45.4 Å². The van der Waals surface area contributed by atoms with Gasteiger partial charge in [0.2, 0.25) is 0 Å². The van der Waals surface area contributed by atoms with Crippen molar-refractivity contribution in [2.45, 2.75) is 20.0 Å². The van der Waals surface area contributed by atoms with Crippen LogP contribution < -0.4 is 0 Å². The first-order chi connectivity index (χ1) is 5.54. The van der Waals surface area contributed by atoms with Crippen molar-refractivity contribution in [1.29, 1.82) is 0 Å². The maximum Gasteiger partial charge on any atom is 2.00 e. The van der Waals surface area contributed by atoms with Gasteiger partial charge in [-0.3, -0.25) is 0 Å². The van der Waals surface area contributed by atoms with E-state index in [9.17, 15) is 4.79 Å². The summed E-state index contributed by atoms with van der Waals surface area (Å²) in [7, 11) is 0. The first-order valence-corrected chi connectivity index (χ1v) is 3.67. The Morgan fingerprint density at radius 3 is 2.62 bits per heavy atom. The quantitative estimate of drug-likeness (QED) is 0.300. The van der Waals surface area contributed by atoms with Gasteiger partial charge < -0.3 is 16.4 Å². The number of rotatable bonds is 5. The van der Waals surface area contributed by atoms with Gasteiger partial charge in [-0.2, -0.15) is 6.61 Å². The van der Waals surface area contributed by atoms with Crippen molar-refractivity contribution in [3.05, 3.63) is 25.7 Å². The summed E-state index contributed by atoms with van der Waals surface area (Å²) in [6.07, 6.45) is -0.131. The van der Waals surface area contributed by atoms with E-state index in [1.54, 1.807) is 13.8 Å². The monoisotopic (exact) mass is 408 g/mol. The number of ether oxygens (including phenoxy) is 2. The van der Waals surface area contributed by atoms with Gasteiger partial charge in [0.1, 0.15) is 0 Å². The van der Waals surface area contributed by atoms with Gasteiger partial charge in [0.05, 0.1) is 0 Å². The molecule has 0 aliphatic rings. The van der Waals surface area contributed by atoms with Crippen LogP contribution in [0.1, 0.15) is 13.8 Å². The van der Waals surface area contributed by atoms with E-state index in [0.29, 0.717) is 5.57 Å².